The normalized spacial score (nSPS) is 10.9. The number of aryl methyl sites for hydroxylation is 1. The van der Waals surface area contributed by atoms with Gasteiger partial charge < -0.3 is 4.57 Å². The molecule has 2 aromatic heterocycles. The number of nitrogens with zero attached hydrogens (tertiary/aromatic N) is 2. The second kappa shape index (κ2) is 2.45. The van der Waals surface area contributed by atoms with Gasteiger partial charge in [-0.1, -0.05) is 11.6 Å². The molecular weight excluding hydrogens is 179 g/mol. The van der Waals surface area contributed by atoms with Crippen molar-refractivity contribution >= 4 is 22.5 Å². The van der Waals surface area contributed by atoms with Gasteiger partial charge in [0, 0.05) is 18.5 Å². The molecule has 0 aliphatic carbocycles. The monoisotopic (exact) mass is 184 g/mol. The molecule has 12 heavy (non-hydrogen) atoms. The van der Waals surface area contributed by atoms with Gasteiger partial charge in [-0.25, -0.2) is 4.98 Å². The second-order valence-corrected chi connectivity index (χ2v) is 2.98. The van der Waals surface area contributed by atoms with Crippen molar-refractivity contribution in [3.63, 3.8) is 0 Å². The Labute approximate surface area is 73.6 Å². The molecule has 0 saturated carbocycles. The molecule has 2 nitrogen and oxygen atoms in total. The van der Waals surface area contributed by atoms with Crippen molar-refractivity contribution in [2.75, 3.05) is 0 Å². The van der Waals surface area contributed by atoms with E-state index in [0.29, 0.717) is 5.15 Å². The molecule has 2 heterocycles. The molecule has 0 N–H and O–H groups in total. The van der Waals surface area contributed by atoms with Crippen LogP contribution in [0.25, 0.3) is 10.9 Å². The van der Waals surface area contributed by atoms with Crippen LogP contribution in [-0.4, -0.2) is 9.55 Å². The summed E-state index contributed by atoms with van der Waals surface area (Å²) in [6.45, 7) is 0. The van der Waals surface area contributed by atoms with E-state index in [0.717, 1.165) is 10.9 Å². The molecule has 2 rings (SSSR count). The van der Waals surface area contributed by atoms with Crippen LogP contribution in [0.3, 0.4) is 0 Å². The van der Waals surface area contributed by atoms with Crippen LogP contribution >= 0.6 is 11.6 Å². The van der Waals surface area contributed by atoms with Crippen LogP contribution in [0.5, 0.6) is 0 Å². The zero-order valence-corrected chi connectivity index (χ0v) is 7.14. The van der Waals surface area contributed by atoms with Crippen molar-refractivity contribution in [1.82, 2.24) is 9.55 Å². The lowest BCUT2D eigenvalue weighted by Gasteiger charge is -1.94. The average molecular weight is 185 g/mol. The van der Waals surface area contributed by atoms with Crippen LogP contribution in [0.15, 0.2) is 18.3 Å². The van der Waals surface area contributed by atoms with Crippen LogP contribution in [0, 0.1) is 5.95 Å². The predicted molar refractivity (Wildman–Crippen MR) is 45.7 cm³/mol. The first-order valence-electron chi connectivity index (χ1n) is 3.45. The van der Waals surface area contributed by atoms with Crippen molar-refractivity contribution in [3.05, 3.63) is 29.4 Å². The Hall–Kier alpha value is -1.09. The molecule has 0 amide bonds. The highest BCUT2D eigenvalue weighted by Crippen LogP contribution is 2.19. The number of rotatable bonds is 0. The Balaban J connectivity index is 2.87. The van der Waals surface area contributed by atoms with Gasteiger partial charge in [0.15, 0.2) is 5.95 Å². The summed E-state index contributed by atoms with van der Waals surface area (Å²) >= 11 is 5.64. The smallest absolute Gasteiger partial charge is 0.194 e. The summed E-state index contributed by atoms with van der Waals surface area (Å²) in [5, 5.41) is 1.16. The minimum Gasteiger partial charge on any atom is -0.319 e. The molecule has 0 atom stereocenters. The Bertz CT molecular complexity index is 436. The summed E-state index contributed by atoms with van der Waals surface area (Å²) in [7, 11) is 1.65. The van der Waals surface area contributed by atoms with E-state index in [1.165, 1.54) is 10.6 Å². The molecule has 0 radical (unpaired) electrons. The third-order valence-corrected chi connectivity index (χ3v) is 2.04. The fourth-order valence-electron chi connectivity index (χ4n) is 1.17. The van der Waals surface area contributed by atoms with E-state index < -0.39 is 0 Å². The predicted octanol–water partition coefficient (Wildman–Crippen LogP) is 2.37. The van der Waals surface area contributed by atoms with Gasteiger partial charge in [-0.05, 0) is 6.07 Å². The van der Waals surface area contributed by atoms with Crippen LogP contribution in [0.4, 0.5) is 4.39 Å². The van der Waals surface area contributed by atoms with Gasteiger partial charge >= 0.3 is 0 Å². The molecule has 4 heteroatoms. The Kier molecular flexibility index (Phi) is 1.54. The summed E-state index contributed by atoms with van der Waals surface area (Å²) < 4.78 is 14.4. The molecule has 62 valence electrons. The average Bonchev–Trinajstić information content (AvgIpc) is 2.28. The first-order valence-corrected chi connectivity index (χ1v) is 3.83. The van der Waals surface area contributed by atoms with Crippen molar-refractivity contribution in [2.45, 2.75) is 0 Å². The van der Waals surface area contributed by atoms with E-state index >= 15 is 0 Å². The van der Waals surface area contributed by atoms with Gasteiger partial charge in [0.25, 0.3) is 0 Å². The molecular formula is C8H6ClFN2. The van der Waals surface area contributed by atoms with Gasteiger partial charge in [0.05, 0.1) is 11.7 Å². The van der Waals surface area contributed by atoms with Crippen LogP contribution in [-0.2, 0) is 7.05 Å². The summed E-state index contributed by atoms with van der Waals surface area (Å²) in [5.74, 6) is -0.283. The maximum atomic E-state index is 13.0. The molecule has 0 fully saturated rings. The summed E-state index contributed by atoms with van der Waals surface area (Å²) in [6.07, 6.45) is 1.56. The number of halogens is 2. The van der Waals surface area contributed by atoms with Crippen molar-refractivity contribution in [3.8, 4) is 0 Å². The number of hydrogen-bond donors (Lipinski definition) is 0. The summed E-state index contributed by atoms with van der Waals surface area (Å²) in [4.78, 5) is 3.86. The fourth-order valence-corrected chi connectivity index (χ4v) is 1.34. The van der Waals surface area contributed by atoms with Crippen molar-refractivity contribution < 1.29 is 4.39 Å². The van der Waals surface area contributed by atoms with Crippen LogP contribution in [0.1, 0.15) is 0 Å². The molecule has 0 aromatic carbocycles. The zero-order chi connectivity index (χ0) is 8.72. The summed E-state index contributed by atoms with van der Waals surface area (Å²) in [5.41, 5.74) is 0.747. The number of pyridine rings is 1. The highest BCUT2D eigenvalue weighted by Gasteiger charge is 2.04. The number of fused-ring (bicyclic) bond motifs is 1. The van der Waals surface area contributed by atoms with Gasteiger partial charge in [-0.15, -0.1) is 0 Å². The molecule has 0 aliphatic rings. The fraction of sp³-hybridized carbons (Fsp3) is 0.125. The van der Waals surface area contributed by atoms with Gasteiger partial charge in [0.2, 0.25) is 0 Å². The van der Waals surface area contributed by atoms with Gasteiger partial charge in [-0.2, -0.15) is 4.39 Å². The van der Waals surface area contributed by atoms with E-state index in [2.05, 4.69) is 4.98 Å². The summed E-state index contributed by atoms with van der Waals surface area (Å²) in [6, 6.07) is 3.07. The van der Waals surface area contributed by atoms with Crippen molar-refractivity contribution in [2.24, 2.45) is 7.05 Å². The second-order valence-electron chi connectivity index (χ2n) is 2.59. The lowest BCUT2D eigenvalue weighted by atomic mass is 10.3. The van der Waals surface area contributed by atoms with E-state index in [1.807, 2.05) is 0 Å². The minimum absolute atomic E-state index is 0.283. The third kappa shape index (κ3) is 0.975. The van der Waals surface area contributed by atoms with E-state index in [-0.39, 0.29) is 5.95 Å². The topological polar surface area (TPSA) is 17.8 Å². The molecule has 0 aliphatic heterocycles. The van der Waals surface area contributed by atoms with Gasteiger partial charge in [0.1, 0.15) is 5.15 Å². The first-order chi connectivity index (χ1) is 5.68. The van der Waals surface area contributed by atoms with E-state index in [9.17, 15) is 4.39 Å². The van der Waals surface area contributed by atoms with Crippen molar-refractivity contribution in [1.29, 1.82) is 0 Å². The quantitative estimate of drug-likeness (QED) is 0.575. The maximum absolute atomic E-state index is 13.0. The number of aromatic nitrogens is 2. The largest absolute Gasteiger partial charge is 0.319 e. The van der Waals surface area contributed by atoms with Gasteiger partial charge in [-0.3, -0.25) is 0 Å². The molecule has 0 bridgehead atoms. The molecule has 0 unspecified atom stereocenters. The van der Waals surface area contributed by atoms with Crippen LogP contribution in [0.2, 0.25) is 5.15 Å². The SMILES string of the molecule is Cn1c(F)cc2cc(Cl)ncc21. The van der Waals surface area contributed by atoms with E-state index in [1.54, 1.807) is 19.3 Å². The van der Waals surface area contributed by atoms with Crippen LogP contribution < -0.4 is 0 Å². The number of hydrogen-bond acceptors (Lipinski definition) is 1. The Morgan fingerprint density at radius 1 is 1.50 bits per heavy atom. The first kappa shape index (κ1) is 7.55. The standard InChI is InChI=1S/C8H6ClFN2/c1-12-6-4-11-7(9)2-5(6)3-8(12)10/h2-4H,1H3. The van der Waals surface area contributed by atoms with E-state index in [4.69, 9.17) is 11.6 Å². The Morgan fingerprint density at radius 3 is 3.00 bits per heavy atom. The Morgan fingerprint density at radius 2 is 2.25 bits per heavy atom. The zero-order valence-electron chi connectivity index (χ0n) is 6.38. The molecule has 0 saturated heterocycles. The minimum atomic E-state index is -0.283. The molecule has 2 aromatic rings. The lowest BCUT2D eigenvalue weighted by molar-refractivity contribution is 0.542. The third-order valence-electron chi connectivity index (χ3n) is 1.84. The molecule has 0 spiro atoms. The maximum Gasteiger partial charge on any atom is 0.194 e. The highest BCUT2D eigenvalue weighted by atomic mass is 35.5. The lowest BCUT2D eigenvalue weighted by Crippen LogP contribution is -1.90. The highest BCUT2D eigenvalue weighted by molar-refractivity contribution is 6.30.